The average molecular weight is 318 g/mol. The van der Waals surface area contributed by atoms with Crippen LogP contribution in [0.1, 0.15) is 5.56 Å². The number of nitrogens with zero attached hydrogens (tertiary/aromatic N) is 2. The van der Waals surface area contributed by atoms with Gasteiger partial charge in [-0.1, -0.05) is 24.3 Å². The van der Waals surface area contributed by atoms with Crippen LogP contribution in [0.2, 0.25) is 0 Å². The molecule has 1 aromatic heterocycles. The minimum Gasteiger partial charge on any atom is -0.372 e. The Morgan fingerprint density at radius 3 is 2.48 bits per heavy atom. The lowest BCUT2D eigenvalue weighted by atomic mass is 9.98. The first-order chi connectivity index (χ1) is 10.9. The van der Waals surface area contributed by atoms with Crippen molar-refractivity contribution in [2.75, 3.05) is 18.1 Å². The molecule has 0 atom stereocenters. The van der Waals surface area contributed by atoms with E-state index in [4.69, 9.17) is 5.73 Å². The highest BCUT2D eigenvalue weighted by Crippen LogP contribution is 2.37. The molecule has 0 amide bonds. The minimum atomic E-state index is -4.42. The Morgan fingerprint density at radius 1 is 1.04 bits per heavy atom. The van der Waals surface area contributed by atoms with Crippen LogP contribution in [0.25, 0.3) is 22.0 Å². The van der Waals surface area contributed by atoms with Crippen LogP contribution in [0.15, 0.2) is 42.5 Å². The minimum absolute atomic E-state index is 0.0584. The van der Waals surface area contributed by atoms with Gasteiger partial charge in [0, 0.05) is 12.4 Å². The van der Waals surface area contributed by atoms with Crippen molar-refractivity contribution in [3.63, 3.8) is 0 Å². The molecule has 118 valence electrons. The molecule has 0 saturated carbocycles. The fourth-order valence-electron chi connectivity index (χ4n) is 2.49. The van der Waals surface area contributed by atoms with E-state index >= 15 is 0 Å². The zero-order chi connectivity index (χ0) is 16.6. The fourth-order valence-corrected chi connectivity index (χ4v) is 2.49. The fraction of sp³-hybridized carbons (Fsp3) is 0.125. The molecule has 0 aliphatic carbocycles. The molecule has 1 heterocycles. The molecule has 23 heavy (non-hydrogen) atoms. The van der Waals surface area contributed by atoms with Crippen molar-refractivity contribution < 1.29 is 13.2 Å². The molecule has 2 aromatic carbocycles. The number of nitrogen functional groups attached to an aromatic ring is 1. The number of nitrogens with two attached hydrogens (primary N) is 1. The third-order valence-corrected chi connectivity index (χ3v) is 3.49. The summed E-state index contributed by atoms with van der Waals surface area (Å²) < 4.78 is 39.5. The van der Waals surface area contributed by atoms with Crippen LogP contribution in [0.3, 0.4) is 0 Å². The number of fused-ring (bicyclic) bond motifs is 1. The summed E-state index contributed by atoms with van der Waals surface area (Å²) in [4.78, 5) is 8.16. The van der Waals surface area contributed by atoms with Crippen LogP contribution < -0.4 is 11.1 Å². The first kappa shape index (κ1) is 15.1. The second kappa shape index (κ2) is 5.42. The summed E-state index contributed by atoms with van der Waals surface area (Å²) in [5.41, 5.74) is 5.97. The smallest absolute Gasteiger partial charge is 0.372 e. The van der Waals surface area contributed by atoms with Gasteiger partial charge in [-0.3, -0.25) is 0 Å². The second-order valence-corrected chi connectivity index (χ2v) is 4.96. The average Bonchev–Trinajstić information content (AvgIpc) is 2.52. The lowest BCUT2D eigenvalue weighted by molar-refractivity contribution is -0.137. The molecule has 0 fully saturated rings. The van der Waals surface area contributed by atoms with Crippen molar-refractivity contribution in [1.82, 2.24) is 9.97 Å². The Labute approximate surface area is 130 Å². The largest absolute Gasteiger partial charge is 0.417 e. The first-order valence-electron chi connectivity index (χ1n) is 6.82. The molecule has 0 radical (unpaired) electrons. The lowest BCUT2D eigenvalue weighted by Gasteiger charge is -2.13. The second-order valence-electron chi connectivity index (χ2n) is 4.96. The van der Waals surface area contributed by atoms with Crippen LogP contribution in [-0.2, 0) is 6.18 Å². The van der Waals surface area contributed by atoms with Gasteiger partial charge in [-0.05, 0) is 29.3 Å². The molecule has 0 spiro atoms. The third kappa shape index (κ3) is 2.77. The zero-order valence-corrected chi connectivity index (χ0v) is 12.1. The number of halogens is 3. The van der Waals surface area contributed by atoms with E-state index in [1.54, 1.807) is 31.3 Å². The van der Waals surface area contributed by atoms with Crippen LogP contribution >= 0.6 is 0 Å². The van der Waals surface area contributed by atoms with Crippen LogP contribution in [-0.4, -0.2) is 17.0 Å². The van der Waals surface area contributed by atoms with Crippen molar-refractivity contribution in [3.8, 4) is 11.1 Å². The van der Waals surface area contributed by atoms with E-state index in [1.807, 2.05) is 0 Å². The summed E-state index contributed by atoms with van der Waals surface area (Å²) >= 11 is 0. The Hall–Kier alpha value is -2.83. The van der Waals surface area contributed by atoms with Gasteiger partial charge < -0.3 is 11.1 Å². The van der Waals surface area contributed by atoms with Gasteiger partial charge in [0.25, 0.3) is 0 Å². The van der Waals surface area contributed by atoms with Gasteiger partial charge in [0.2, 0.25) is 5.95 Å². The summed E-state index contributed by atoms with van der Waals surface area (Å²) in [6.07, 6.45) is -4.42. The molecular formula is C16H13F3N4. The Kier molecular flexibility index (Phi) is 3.55. The predicted octanol–water partition coefficient (Wildman–Crippen LogP) is 3.94. The highest BCUT2D eigenvalue weighted by atomic mass is 19.4. The Bertz CT molecular complexity index is 875. The van der Waals surface area contributed by atoms with Crippen LogP contribution in [0.4, 0.5) is 24.9 Å². The number of rotatable bonds is 2. The molecule has 4 nitrogen and oxygen atoms in total. The monoisotopic (exact) mass is 318 g/mol. The number of hydrogen-bond donors (Lipinski definition) is 2. The van der Waals surface area contributed by atoms with Crippen LogP contribution in [0.5, 0.6) is 0 Å². The van der Waals surface area contributed by atoms with Gasteiger partial charge in [-0.2, -0.15) is 18.2 Å². The molecular weight excluding hydrogens is 305 g/mol. The summed E-state index contributed by atoms with van der Waals surface area (Å²) in [6, 6.07) is 10.3. The van der Waals surface area contributed by atoms with E-state index < -0.39 is 11.7 Å². The molecule has 0 bridgehead atoms. The Morgan fingerprint density at radius 2 is 1.78 bits per heavy atom. The SMILES string of the molecule is CNc1nc(N)nc2cc(-c3ccccc3C(F)(F)F)ccc12. The zero-order valence-electron chi connectivity index (χ0n) is 12.1. The van der Waals surface area contributed by atoms with E-state index in [1.165, 1.54) is 12.1 Å². The summed E-state index contributed by atoms with van der Waals surface area (Å²) in [6.45, 7) is 0. The first-order valence-corrected chi connectivity index (χ1v) is 6.82. The van der Waals surface area contributed by atoms with Gasteiger partial charge in [0.1, 0.15) is 5.82 Å². The lowest BCUT2D eigenvalue weighted by Crippen LogP contribution is -2.07. The topological polar surface area (TPSA) is 63.8 Å². The van der Waals surface area contributed by atoms with Crippen molar-refractivity contribution in [2.45, 2.75) is 6.18 Å². The highest BCUT2D eigenvalue weighted by Gasteiger charge is 2.33. The van der Waals surface area contributed by atoms with Gasteiger partial charge in [0.05, 0.1) is 11.1 Å². The molecule has 3 rings (SSSR count). The van der Waals surface area contributed by atoms with E-state index in [2.05, 4.69) is 15.3 Å². The molecule has 0 saturated heterocycles. The van der Waals surface area contributed by atoms with E-state index in [-0.39, 0.29) is 11.5 Å². The summed E-state index contributed by atoms with van der Waals surface area (Å²) in [5.74, 6) is 0.589. The molecule has 0 aliphatic rings. The van der Waals surface area contributed by atoms with Crippen molar-refractivity contribution in [2.24, 2.45) is 0 Å². The molecule has 3 aromatic rings. The van der Waals surface area contributed by atoms with Crippen molar-refractivity contribution >= 4 is 22.7 Å². The van der Waals surface area contributed by atoms with Gasteiger partial charge in [-0.15, -0.1) is 0 Å². The standard InChI is InChI=1S/C16H13F3N4/c1-21-14-11-7-6-9(8-13(11)22-15(20)23-14)10-4-2-3-5-12(10)16(17,18)19/h2-8H,1H3,(H3,20,21,22,23). The summed E-state index contributed by atoms with van der Waals surface area (Å²) in [5, 5.41) is 3.58. The molecule has 0 aliphatic heterocycles. The number of aromatic nitrogens is 2. The predicted molar refractivity (Wildman–Crippen MR) is 83.9 cm³/mol. The highest BCUT2D eigenvalue weighted by molar-refractivity contribution is 5.93. The molecule has 3 N–H and O–H groups in total. The molecule has 7 heteroatoms. The number of nitrogens with one attached hydrogen (secondary N) is 1. The summed E-state index contributed by atoms with van der Waals surface area (Å²) in [7, 11) is 1.69. The van der Waals surface area contributed by atoms with E-state index in [0.717, 1.165) is 6.07 Å². The van der Waals surface area contributed by atoms with Gasteiger partial charge in [0.15, 0.2) is 0 Å². The maximum atomic E-state index is 13.2. The van der Waals surface area contributed by atoms with Crippen molar-refractivity contribution in [3.05, 3.63) is 48.0 Å². The van der Waals surface area contributed by atoms with Crippen LogP contribution in [0, 0.1) is 0 Å². The third-order valence-electron chi connectivity index (χ3n) is 3.49. The Balaban J connectivity index is 2.23. The van der Waals surface area contributed by atoms with Crippen molar-refractivity contribution in [1.29, 1.82) is 0 Å². The van der Waals surface area contributed by atoms with Gasteiger partial charge in [-0.25, -0.2) is 4.98 Å². The normalized spacial score (nSPS) is 11.7. The van der Waals surface area contributed by atoms with Gasteiger partial charge >= 0.3 is 6.18 Å². The number of hydrogen-bond acceptors (Lipinski definition) is 4. The number of benzene rings is 2. The van der Waals surface area contributed by atoms with E-state index in [0.29, 0.717) is 22.3 Å². The maximum absolute atomic E-state index is 13.2. The maximum Gasteiger partial charge on any atom is 0.417 e. The molecule has 0 unspecified atom stereocenters. The van der Waals surface area contributed by atoms with E-state index in [9.17, 15) is 13.2 Å². The number of anilines is 2. The number of alkyl halides is 3. The quantitative estimate of drug-likeness (QED) is 0.751.